The van der Waals surface area contributed by atoms with Crippen molar-refractivity contribution in [3.63, 3.8) is 0 Å². The van der Waals surface area contributed by atoms with Crippen LogP contribution in [0.3, 0.4) is 0 Å². The van der Waals surface area contributed by atoms with Crippen LogP contribution in [-0.4, -0.2) is 48.7 Å². The van der Waals surface area contributed by atoms with Crippen molar-refractivity contribution in [3.05, 3.63) is 0 Å². The van der Waals surface area contributed by atoms with Crippen LogP contribution in [0.4, 0.5) is 0 Å². The Morgan fingerprint density at radius 1 is 1.44 bits per heavy atom. The van der Waals surface area contributed by atoms with Crippen LogP contribution >= 0.6 is 0 Å². The van der Waals surface area contributed by atoms with E-state index in [-0.39, 0.29) is 5.91 Å². The normalized spacial score (nSPS) is 17.6. The molecule has 0 atom stereocenters. The molecule has 0 aromatic rings. The van der Waals surface area contributed by atoms with E-state index in [2.05, 4.69) is 0 Å². The van der Waals surface area contributed by atoms with Crippen molar-refractivity contribution in [2.75, 3.05) is 26.8 Å². The number of likely N-dealkylation sites (N-methyl/N-ethyl adjacent to an activating group) is 1. The number of amides is 1. The molecule has 0 bridgehead atoms. The van der Waals surface area contributed by atoms with Crippen LogP contribution in [0.15, 0.2) is 0 Å². The fraction of sp³-hybridized carbons (Fsp3) is 0.818. The largest absolute Gasteiger partial charge is 0.480 e. The molecule has 0 spiro atoms. The van der Waals surface area contributed by atoms with Gasteiger partial charge in [0.25, 0.3) is 0 Å². The summed E-state index contributed by atoms with van der Waals surface area (Å²) in [5, 5.41) is 9.15. The number of carboxylic acids is 1. The van der Waals surface area contributed by atoms with Crippen LogP contribution in [0, 0.1) is 5.41 Å². The SMILES string of the molecule is CCN(CCOC)C(=O)C1(C(=O)O)CCC1. The van der Waals surface area contributed by atoms with Gasteiger partial charge in [-0.05, 0) is 19.8 Å². The minimum atomic E-state index is -1.15. The lowest BCUT2D eigenvalue weighted by Crippen LogP contribution is -2.53. The number of hydrogen-bond donors (Lipinski definition) is 1. The van der Waals surface area contributed by atoms with Gasteiger partial charge in [-0.25, -0.2) is 0 Å². The first kappa shape index (κ1) is 13.0. The number of carbonyl (C=O) groups excluding carboxylic acids is 1. The minimum Gasteiger partial charge on any atom is -0.480 e. The molecule has 92 valence electrons. The first-order valence-electron chi connectivity index (χ1n) is 5.60. The molecule has 0 aromatic carbocycles. The third kappa shape index (κ3) is 2.19. The molecule has 0 radical (unpaired) electrons. The Labute approximate surface area is 95.4 Å². The minimum absolute atomic E-state index is 0.259. The molecule has 1 aliphatic carbocycles. The van der Waals surface area contributed by atoms with Crippen molar-refractivity contribution < 1.29 is 19.4 Å². The standard InChI is InChI=1S/C11H19NO4/c1-3-12(7-8-16-2)9(13)11(10(14)15)5-4-6-11/h3-8H2,1-2H3,(H,14,15). The van der Waals surface area contributed by atoms with E-state index in [0.717, 1.165) is 6.42 Å². The lowest BCUT2D eigenvalue weighted by molar-refractivity contribution is -0.167. The second-order valence-electron chi connectivity index (χ2n) is 4.12. The Bertz CT molecular complexity index is 273. The predicted octanol–water partition coefficient (Wildman–Crippen LogP) is 0.736. The van der Waals surface area contributed by atoms with Gasteiger partial charge in [0.05, 0.1) is 6.61 Å². The van der Waals surface area contributed by atoms with Crippen molar-refractivity contribution >= 4 is 11.9 Å². The van der Waals surface area contributed by atoms with E-state index in [9.17, 15) is 9.59 Å². The van der Waals surface area contributed by atoms with Gasteiger partial charge in [-0.2, -0.15) is 0 Å². The lowest BCUT2D eigenvalue weighted by atomic mass is 9.67. The van der Waals surface area contributed by atoms with Crippen molar-refractivity contribution in [3.8, 4) is 0 Å². The Balaban J connectivity index is 2.69. The molecule has 5 heteroatoms. The second kappa shape index (κ2) is 5.30. The van der Waals surface area contributed by atoms with Crippen LogP contribution < -0.4 is 0 Å². The average Bonchev–Trinajstić information content (AvgIpc) is 2.16. The number of nitrogens with zero attached hydrogens (tertiary/aromatic N) is 1. The number of ether oxygens (including phenoxy) is 1. The van der Waals surface area contributed by atoms with E-state index in [1.807, 2.05) is 6.92 Å². The van der Waals surface area contributed by atoms with Crippen molar-refractivity contribution in [1.82, 2.24) is 4.90 Å². The molecule has 1 saturated carbocycles. The summed E-state index contributed by atoms with van der Waals surface area (Å²) >= 11 is 0. The monoisotopic (exact) mass is 229 g/mol. The first-order valence-corrected chi connectivity index (χ1v) is 5.60. The topological polar surface area (TPSA) is 66.8 Å². The van der Waals surface area contributed by atoms with Crippen LogP contribution in [0.5, 0.6) is 0 Å². The second-order valence-corrected chi connectivity index (χ2v) is 4.12. The third-order valence-electron chi connectivity index (χ3n) is 3.26. The molecule has 1 rings (SSSR count). The summed E-state index contributed by atoms with van der Waals surface area (Å²) in [7, 11) is 1.56. The lowest BCUT2D eigenvalue weighted by Gasteiger charge is -2.39. The Morgan fingerprint density at radius 2 is 2.06 bits per heavy atom. The zero-order chi connectivity index (χ0) is 12.2. The Hall–Kier alpha value is -1.10. The summed E-state index contributed by atoms with van der Waals surface area (Å²) in [6.45, 7) is 3.27. The van der Waals surface area contributed by atoms with Gasteiger partial charge >= 0.3 is 5.97 Å². The van der Waals surface area contributed by atoms with Crippen molar-refractivity contribution in [2.24, 2.45) is 5.41 Å². The first-order chi connectivity index (χ1) is 7.58. The molecule has 1 fully saturated rings. The number of rotatable bonds is 6. The third-order valence-corrected chi connectivity index (χ3v) is 3.26. The fourth-order valence-electron chi connectivity index (χ4n) is 1.96. The van der Waals surface area contributed by atoms with E-state index in [0.29, 0.717) is 32.5 Å². The van der Waals surface area contributed by atoms with Gasteiger partial charge in [0.15, 0.2) is 0 Å². The number of carbonyl (C=O) groups is 2. The molecule has 1 N–H and O–H groups in total. The van der Waals surface area contributed by atoms with Gasteiger partial charge < -0.3 is 14.7 Å². The van der Waals surface area contributed by atoms with Gasteiger partial charge in [-0.1, -0.05) is 6.42 Å². The van der Waals surface area contributed by atoms with Gasteiger partial charge in [0.2, 0.25) is 5.91 Å². The van der Waals surface area contributed by atoms with E-state index < -0.39 is 11.4 Å². The van der Waals surface area contributed by atoms with Gasteiger partial charge in [-0.3, -0.25) is 9.59 Å². The van der Waals surface area contributed by atoms with Crippen LogP contribution in [0.1, 0.15) is 26.2 Å². The molecular formula is C11H19NO4. The van der Waals surface area contributed by atoms with Crippen LogP contribution in [-0.2, 0) is 14.3 Å². The zero-order valence-corrected chi connectivity index (χ0v) is 9.86. The van der Waals surface area contributed by atoms with E-state index in [4.69, 9.17) is 9.84 Å². The highest BCUT2D eigenvalue weighted by atomic mass is 16.5. The van der Waals surface area contributed by atoms with Crippen molar-refractivity contribution in [2.45, 2.75) is 26.2 Å². The predicted molar refractivity (Wildman–Crippen MR) is 58.0 cm³/mol. The summed E-state index contributed by atoms with van der Waals surface area (Å²) in [6, 6.07) is 0. The summed E-state index contributed by atoms with van der Waals surface area (Å²) < 4.78 is 4.91. The maximum Gasteiger partial charge on any atom is 0.319 e. The van der Waals surface area contributed by atoms with Gasteiger partial charge in [0.1, 0.15) is 5.41 Å². The average molecular weight is 229 g/mol. The number of carboxylic acid groups (broad SMARTS) is 1. The summed E-state index contributed by atoms with van der Waals surface area (Å²) in [4.78, 5) is 24.8. The highest BCUT2D eigenvalue weighted by Crippen LogP contribution is 2.42. The van der Waals surface area contributed by atoms with E-state index >= 15 is 0 Å². The fourth-order valence-corrected chi connectivity index (χ4v) is 1.96. The quantitative estimate of drug-likeness (QED) is 0.682. The summed E-state index contributed by atoms with van der Waals surface area (Å²) in [5.41, 5.74) is -1.15. The maximum absolute atomic E-state index is 12.1. The molecule has 0 heterocycles. The molecule has 1 aliphatic rings. The van der Waals surface area contributed by atoms with E-state index in [1.54, 1.807) is 12.0 Å². The molecular weight excluding hydrogens is 210 g/mol. The van der Waals surface area contributed by atoms with Gasteiger partial charge in [-0.15, -0.1) is 0 Å². The summed E-state index contributed by atoms with van der Waals surface area (Å²) in [6.07, 6.45) is 1.75. The number of methoxy groups -OCH3 is 1. The highest BCUT2D eigenvalue weighted by molar-refractivity contribution is 6.02. The van der Waals surface area contributed by atoms with Crippen LogP contribution in [0.2, 0.25) is 0 Å². The number of hydrogen-bond acceptors (Lipinski definition) is 3. The van der Waals surface area contributed by atoms with Crippen molar-refractivity contribution in [1.29, 1.82) is 0 Å². The maximum atomic E-state index is 12.1. The smallest absolute Gasteiger partial charge is 0.319 e. The molecule has 1 amide bonds. The van der Waals surface area contributed by atoms with E-state index in [1.165, 1.54) is 0 Å². The Kier molecular flexibility index (Phi) is 4.29. The molecule has 16 heavy (non-hydrogen) atoms. The molecule has 5 nitrogen and oxygen atoms in total. The Morgan fingerprint density at radius 3 is 2.38 bits per heavy atom. The molecule has 0 aromatic heterocycles. The summed E-state index contributed by atoms with van der Waals surface area (Å²) in [5.74, 6) is -1.24. The zero-order valence-electron chi connectivity index (χ0n) is 9.86. The number of aliphatic carboxylic acids is 1. The molecule has 0 aliphatic heterocycles. The molecule has 0 saturated heterocycles. The molecule has 0 unspecified atom stereocenters. The van der Waals surface area contributed by atoms with Gasteiger partial charge in [0, 0.05) is 20.2 Å². The highest BCUT2D eigenvalue weighted by Gasteiger charge is 2.52. The van der Waals surface area contributed by atoms with Crippen LogP contribution in [0.25, 0.3) is 0 Å².